The minimum Gasteiger partial charge on any atom is -0.476 e. The van der Waals surface area contributed by atoms with Crippen LogP contribution in [0.15, 0.2) is 29.1 Å². The molecule has 0 aliphatic heterocycles. The molecule has 2 N–H and O–H groups in total. The van der Waals surface area contributed by atoms with Gasteiger partial charge in [-0.1, -0.05) is 44.9 Å². The third-order valence-electron chi connectivity index (χ3n) is 5.42. The lowest BCUT2D eigenvalue weighted by atomic mass is 9.78. The van der Waals surface area contributed by atoms with Gasteiger partial charge < -0.3 is 10.4 Å². The summed E-state index contributed by atoms with van der Waals surface area (Å²) in [7, 11) is 0. The normalized spacial score (nSPS) is 22.9. The summed E-state index contributed by atoms with van der Waals surface area (Å²) in [5, 5.41) is 16.8. The molecule has 0 bridgehead atoms. The zero-order chi connectivity index (χ0) is 18.8. The van der Waals surface area contributed by atoms with Gasteiger partial charge in [0.05, 0.1) is 5.39 Å². The molecule has 3 rings (SSSR count). The first-order chi connectivity index (χ1) is 12.4. The minimum absolute atomic E-state index is 0.0707. The third-order valence-corrected chi connectivity index (χ3v) is 5.42. The Balaban J connectivity index is 1.86. The van der Waals surface area contributed by atoms with Crippen molar-refractivity contribution in [2.45, 2.75) is 45.7 Å². The molecule has 1 aliphatic rings. The summed E-state index contributed by atoms with van der Waals surface area (Å²) in [6, 6.07) is 6.47. The molecule has 138 valence electrons. The average molecular weight is 357 g/mol. The standard InChI is InChI=1S/C19H23N3O4/c1-11-6-5-9-15(12(11)2)20-16(23)10-22-18(24)14-8-4-3-7-13(14)17(21-22)19(25)26/h3-4,7-8,11-12,15H,5-6,9-10H2,1-2H3,(H,20,23)(H,25,26)/t11-,12+,15+/m0/s1. The zero-order valence-electron chi connectivity index (χ0n) is 14.9. The SMILES string of the molecule is C[C@@H]1[C@@H](C)CCC[C@H]1NC(=O)Cn1nc(C(=O)O)c2ccccc2c1=O. The van der Waals surface area contributed by atoms with E-state index in [1.165, 1.54) is 0 Å². The highest BCUT2D eigenvalue weighted by Gasteiger charge is 2.28. The van der Waals surface area contributed by atoms with Crippen molar-refractivity contribution in [1.82, 2.24) is 15.1 Å². The predicted molar refractivity (Wildman–Crippen MR) is 97.1 cm³/mol. The van der Waals surface area contributed by atoms with Crippen LogP contribution in [-0.2, 0) is 11.3 Å². The number of hydrogen-bond donors (Lipinski definition) is 2. The molecular weight excluding hydrogens is 334 g/mol. The molecule has 1 amide bonds. The van der Waals surface area contributed by atoms with Gasteiger partial charge in [-0.2, -0.15) is 5.10 Å². The topological polar surface area (TPSA) is 101 Å². The molecule has 7 nitrogen and oxygen atoms in total. The van der Waals surface area contributed by atoms with Crippen LogP contribution in [0.1, 0.15) is 43.6 Å². The van der Waals surface area contributed by atoms with Gasteiger partial charge in [-0.15, -0.1) is 0 Å². The number of amides is 1. The highest BCUT2D eigenvalue weighted by molar-refractivity contribution is 6.01. The number of nitrogens with zero attached hydrogens (tertiary/aromatic N) is 2. The number of rotatable bonds is 4. The van der Waals surface area contributed by atoms with Gasteiger partial charge in [0.2, 0.25) is 5.91 Å². The van der Waals surface area contributed by atoms with E-state index in [-0.39, 0.29) is 35.0 Å². The van der Waals surface area contributed by atoms with Crippen molar-refractivity contribution in [3.05, 3.63) is 40.3 Å². The number of hydrogen-bond acceptors (Lipinski definition) is 4. The number of fused-ring (bicyclic) bond motifs is 1. The first-order valence-corrected chi connectivity index (χ1v) is 8.91. The molecule has 1 fully saturated rings. The lowest BCUT2D eigenvalue weighted by Crippen LogP contribution is -2.46. The molecule has 0 unspecified atom stereocenters. The van der Waals surface area contributed by atoms with Crippen LogP contribution >= 0.6 is 0 Å². The second-order valence-electron chi connectivity index (χ2n) is 7.10. The van der Waals surface area contributed by atoms with Crippen molar-refractivity contribution in [1.29, 1.82) is 0 Å². The first-order valence-electron chi connectivity index (χ1n) is 8.91. The van der Waals surface area contributed by atoms with Crippen molar-refractivity contribution in [3.8, 4) is 0 Å². The summed E-state index contributed by atoms with van der Waals surface area (Å²) in [6.07, 6.45) is 3.13. The Morgan fingerprint density at radius 2 is 1.92 bits per heavy atom. The number of carboxylic acid groups (broad SMARTS) is 1. The van der Waals surface area contributed by atoms with Crippen LogP contribution in [0.2, 0.25) is 0 Å². The summed E-state index contributed by atoms with van der Waals surface area (Å²) in [4.78, 5) is 36.5. The van der Waals surface area contributed by atoms with Gasteiger partial charge in [0.15, 0.2) is 5.69 Å². The van der Waals surface area contributed by atoms with E-state index in [4.69, 9.17) is 0 Å². The molecule has 1 aromatic carbocycles. The number of aromatic nitrogens is 2. The Bertz CT molecular complexity index is 905. The Morgan fingerprint density at radius 3 is 2.62 bits per heavy atom. The minimum atomic E-state index is -1.23. The average Bonchev–Trinajstić information content (AvgIpc) is 2.61. The lowest BCUT2D eigenvalue weighted by molar-refractivity contribution is -0.123. The fourth-order valence-electron chi connectivity index (χ4n) is 3.67. The van der Waals surface area contributed by atoms with Crippen LogP contribution in [0.5, 0.6) is 0 Å². The zero-order valence-corrected chi connectivity index (χ0v) is 14.9. The van der Waals surface area contributed by atoms with E-state index in [0.717, 1.165) is 23.9 Å². The van der Waals surface area contributed by atoms with Gasteiger partial charge in [0.1, 0.15) is 6.54 Å². The van der Waals surface area contributed by atoms with Gasteiger partial charge >= 0.3 is 5.97 Å². The molecule has 3 atom stereocenters. The predicted octanol–water partition coefficient (Wildman–Crippen LogP) is 2.04. The molecule has 1 aromatic heterocycles. The van der Waals surface area contributed by atoms with E-state index in [2.05, 4.69) is 24.3 Å². The Hall–Kier alpha value is -2.70. The maximum Gasteiger partial charge on any atom is 0.357 e. The van der Waals surface area contributed by atoms with Crippen LogP contribution in [-0.4, -0.2) is 32.8 Å². The summed E-state index contributed by atoms with van der Waals surface area (Å²) in [6.45, 7) is 4.01. The summed E-state index contributed by atoms with van der Waals surface area (Å²) in [5.41, 5.74) is -0.696. The fourth-order valence-corrected chi connectivity index (χ4v) is 3.67. The van der Waals surface area contributed by atoms with E-state index in [0.29, 0.717) is 11.8 Å². The van der Waals surface area contributed by atoms with Gasteiger partial charge in [-0.3, -0.25) is 9.59 Å². The van der Waals surface area contributed by atoms with Gasteiger partial charge in [-0.25, -0.2) is 9.48 Å². The second kappa shape index (κ2) is 7.27. The van der Waals surface area contributed by atoms with Gasteiger partial charge in [0.25, 0.3) is 5.56 Å². The van der Waals surface area contributed by atoms with E-state index in [1.807, 2.05) is 0 Å². The molecule has 0 spiro atoms. The van der Waals surface area contributed by atoms with Crippen LogP contribution in [0, 0.1) is 11.8 Å². The van der Waals surface area contributed by atoms with Crippen LogP contribution in [0.4, 0.5) is 0 Å². The third kappa shape index (κ3) is 3.47. The number of carbonyl (C=O) groups is 2. The second-order valence-corrected chi connectivity index (χ2v) is 7.10. The summed E-state index contributed by atoms with van der Waals surface area (Å²) >= 11 is 0. The Morgan fingerprint density at radius 1 is 1.23 bits per heavy atom. The fraction of sp³-hybridized carbons (Fsp3) is 0.474. The molecule has 0 saturated heterocycles. The molecule has 7 heteroatoms. The van der Waals surface area contributed by atoms with Gasteiger partial charge in [-0.05, 0) is 24.3 Å². The maximum atomic E-state index is 12.6. The van der Waals surface area contributed by atoms with Crippen LogP contribution in [0.3, 0.4) is 0 Å². The molecule has 26 heavy (non-hydrogen) atoms. The molecule has 1 heterocycles. The monoisotopic (exact) mass is 357 g/mol. The maximum absolute atomic E-state index is 12.6. The van der Waals surface area contributed by atoms with Crippen molar-refractivity contribution in [2.75, 3.05) is 0 Å². The Labute approximate surface area is 151 Å². The van der Waals surface area contributed by atoms with Crippen molar-refractivity contribution in [3.63, 3.8) is 0 Å². The number of aromatic carboxylic acids is 1. The number of carbonyl (C=O) groups excluding carboxylic acids is 1. The van der Waals surface area contributed by atoms with E-state index in [9.17, 15) is 19.5 Å². The number of benzene rings is 1. The highest BCUT2D eigenvalue weighted by Crippen LogP contribution is 2.29. The molecule has 2 aromatic rings. The van der Waals surface area contributed by atoms with Crippen molar-refractivity contribution >= 4 is 22.6 Å². The van der Waals surface area contributed by atoms with Gasteiger partial charge in [0, 0.05) is 11.4 Å². The largest absolute Gasteiger partial charge is 0.476 e. The summed E-state index contributed by atoms with van der Waals surface area (Å²) < 4.78 is 0.943. The Kier molecular flexibility index (Phi) is 5.06. The smallest absolute Gasteiger partial charge is 0.357 e. The summed E-state index contributed by atoms with van der Waals surface area (Å²) in [5.74, 6) is -0.653. The molecular formula is C19H23N3O4. The molecule has 0 radical (unpaired) electrons. The van der Waals surface area contributed by atoms with Crippen molar-refractivity contribution in [2.24, 2.45) is 11.8 Å². The quantitative estimate of drug-likeness (QED) is 0.872. The number of nitrogens with one attached hydrogen (secondary N) is 1. The first kappa shape index (κ1) is 18.1. The van der Waals surface area contributed by atoms with E-state index in [1.54, 1.807) is 24.3 Å². The lowest BCUT2D eigenvalue weighted by Gasteiger charge is -2.34. The van der Waals surface area contributed by atoms with E-state index >= 15 is 0 Å². The van der Waals surface area contributed by atoms with E-state index < -0.39 is 11.5 Å². The van der Waals surface area contributed by atoms with Crippen molar-refractivity contribution < 1.29 is 14.7 Å². The van der Waals surface area contributed by atoms with Crippen LogP contribution in [0.25, 0.3) is 10.8 Å². The molecule has 1 aliphatic carbocycles. The number of carboxylic acids is 1. The van der Waals surface area contributed by atoms with Crippen LogP contribution < -0.4 is 10.9 Å². The highest BCUT2D eigenvalue weighted by atomic mass is 16.4. The molecule has 1 saturated carbocycles.